The van der Waals surface area contributed by atoms with Gasteiger partial charge in [-0.25, -0.2) is 4.98 Å². The number of hydrogen-bond acceptors (Lipinski definition) is 5. The molecule has 0 aliphatic heterocycles. The summed E-state index contributed by atoms with van der Waals surface area (Å²) in [4.78, 5) is 17.3. The standard InChI is InChI=1S/C15H12F6N4O2/c1-7-2-3-8(4-9(7)14(16,17)18)23-11-5-10(15(19,20)21)24-13(25-11)22-6-12(26)27/h2-5H,6H2,1H3,(H,26,27)(H2,22,23,24,25). The van der Waals surface area contributed by atoms with Crippen molar-refractivity contribution in [1.82, 2.24) is 9.97 Å². The van der Waals surface area contributed by atoms with Gasteiger partial charge in [-0.15, -0.1) is 0 Å². The second kappa shape index (κ2) is 7.29. The second-order valence-corrected chi connectivity index (χ2v) is 5.36. The van der Waals surface area contributed by atoms with E-state index in [2.05, 4.69) is 20.6 Å². The molecule has 146 valence electrons. The molecule has 0 atom stereocenters. The molecule has 1 heterocycles. The van der Waals surface area contributed by atoms with E-state index in [1.807, 2.05) is 0 Å². The van der Waals surface area contributed by atoms with Crippen molar-refractivity contribution in [2.24, 2.45) is 0 Å². The number of hydrogen-bond donors (Lipinski definition) is 3. The molecular weight excluding hydrogens is 382 g/mol. The van der Waals surface area contributed by atoms with E-state index < -0.39 is 47.9 Å². The number of benzene rings is 1. The highest BCUT2D eigenvalue weighted by Crippen LogP contribution is 2.35. The largest absolute Gasteiger partial charge is 0.480 e. The number of rotatable bonds is 5. The van der Waals surface area contributed by atoms with Crippen LogP contribution >= 0.6 is 0 Å². The van der Waals surface area contributed by atoms with Crippen molar-refractivity contribution in [2.45, 2.75) is 19.3 Å². The number of anilines is 3. The molecule has 0 fully saturated rings. The normalized spacial score (nSPS) is 12.0. The Balaban J connectivity index is 2.40. The highest BCUT2D eigenvalue weighted by molar-refractivity contribution is 5.72. The summed E-state index contributed by atoms with van der Waals surface area (Å²) in [5.41, 5.74) is -2.56. The van der Waals surface area contributed by atoms with Crippen LogP contribution in [0.5, 0.6) is 0 Å². The van der Waals surface area contributed by atoms with E-state index in [0.29, 0.717) is 6.07 Å². The minimum atomic E-state index is -4.87. The van der Waals surface area contributed by atoms with Gasteiger partial charge in [-0.3, -0.25) is 4.79 Å². The fourth-order valence-electron chi connectivity index (χ4n) is 2.04. The number of aryl methyl sites for hydroxylation is 1. The average Bonchev–Trinajstić information content (AvgIpc) is 2.52. The smallest absolute Gasteiger partial charge is 0.433 e. The molecule has 6 nitrogen and oxygen atoms in total. The molecular formula is C15H12F6N4O2. The monoisotopic (exact) mass is 394 g/mol. The van der Waals surface area contributed by atoms with Crippen molar-refractivity contribution in [3.8, 4) is 0 Å². The molecule has 12 heteroatoms. The molecule has 0 radical (unpaired) electrons. The Bertz CT molecular complexity index is 851. The Morgan fingerprint density at radius 1 is 1.07 bits per heavy atom. The number of carboxylic acids is 1. The van der Waals surface area contributed by atoms with Crippen LogP contribution in [-0.2, 0) is 17.1 Å². The summed E-state index contributed by atoms with van der Waals surface area (Å²) < 4.78 is 77.7. The molecule has 0 aliphatic rings. The van der Waals surface area contributed by atoms with Gasteiger partial charge in [-0.1, -0.05) is 6.07 Å². The first kappa shape index (κ1) is 20.3. The van der Waals surface area contributed by atoms with Crippen molar-refractivity contribution < 1.29 is 36.2 Å². The third-order valence-electron chi connectivity index (χ3n) is 3.23. The number of nitrogens with zero attached hydrogens (tertiary/aromatic N) is 2. The van der Waals surface area contributed by atoms with Crippen LogP contribution in [0.15, 0.2) is 24.3 Å². The van der Waals surface area contributed by atoms with Gasteiger partial charge in [0.1, 0.15) is 12.4 Å². The van der Waals surface area contributed by atoms with Gasteiger partial charge in [0, 0.05) is 11.8 Å². The number of halogens is 6. The van der Waals surface area contributed by atoms with Crippen molar-refractivity contribution in [3.05, 3.63) is 41.1 Å². The molecule has 0 saturated carbocycles. The van der Waals surface area contributed by atoms with Gasteiger partial charge >= 0.3 is 18.3 Å². The van der Waals surface area contributed by atoms with Crippen LogP contribution in [0.4, 0.5) is 43.8 Å². The van der Waals surface area contributed by atoms with Crippen molar-refractivity contribution in [2.75, 3.05) is 17.2 Å². The van der Waals surface area contributed by atoms with Crippen molar-refractivity contribution in [1.29, 1.82) is 0 Å². The molecule has 2 aromatic rings. The first-order valence-corrected chi connectivity index (χ1v) is 7.23. The number of alkyl halides is 6. The van der Waals surface area contributed by atoms with Gasteiger partial charge in [0.05, 0.1) is 5.56 Å². The molecule has 0 amide bonds. The number of carboxylic acid groups (broad SMARTS) is 1. The van der Waals surface area contributed by atoms with Crippen LogP contribution in [0.25, 0.3) is 0 Å². The number of aliphatic carboxylic acids is 1. The van der Waals surface area contributed by atoms with Gasteiger partial charge < -0.3 is 15.7 Å². The molecule has 1 aromatic carbocycles. The van der Waals surface area contributed by atoms with E-state index in [1.165, 1.54) is 13.0 Å². The Hall–Kier alpha value is -3.05. The first-order chi connectivity index (χ1) is 12.4. The van der Waals surface area contributed by atoms with E-state index >= 15 is 0 Å². The SMILES string of the molecule is Cc1ccc(Nc2cc(C(F)(F)F)nc(NCC(=O)O)n2)cc1C(F)(F)F. The third-order valence-corrected chi connectivity index (χ3v) is 3.23. The summed E-state index contributed by atoms with van der Waals surface area (Å²) in [6.07, 6.45) is -9.51. The number of aromatic nitrogens is 2. The highest BCUT2D eigenvalue weighted by Gasteiger charge is 2.34. The molecule has 0 saturated heterocycles. The topological polar surface area (TPSA) is 87.1 Å². The molecule has 0 bridgehead atoms. The van der Waals surface area contributed by atoms with E-state index in [9.17, 15) is 31.1 Å². The Kier molecular flexibility index (Phi) is 5.47. The fourth-order valence-corrected chi connectivity index (χ4v) is 2.04. The molecule has 0 unspecified atom stereocenters. The van der Waals surface area contributed by atoms with Crippen LogP contribution < -0.4 is 10.6 Å². The van der Waals surface area contributed by atoms with Crippen LogP contribution in [0.1, 0.15) is 16.8 Å². The molecule has 0 spiro atoms. The molecule has 3 N–H and O–H groups in total. The third kappa shape index (κ3) is 5.46. The summed E-state index contributed by atoms with van der Waals surface area (Å²) in [5, 5.41) is 13.0. The van der Waals surface area contributed by atoms with E-state index in [0.717, 1.165) is 12.1 Å². The number of carbonyl (C=O) groups is 1. The van der Waals surface area contributed by atoms with Crippen LogP contribution in [0.2, 0.25) is 0 Å². The molecule has 2 rings (SSSR count). The quantitative estimate of drug-likeness (QED) is 0.663. The molecule has 0 aliphatic carbocycles. The maximum atomic E-state index is 13.0. The van der Waals surface area contributed by atoms with Crippen molar-refractivity contribution >= 4 is 23.4 Å². The average molecular weight is 394 g/mol. The van der Waals surface area contributed by atoms with Crippen LogP contribution in [0.3, 0.4) is 0 Å². The van der Waals surface area contributed by atoms with Crippen LogP contribution in [0, 0.1) is 6.92 Å². The predicted molar refractivity (Wildman–Crippen MR) is 82.6 cm³/mol. The zero-order valence-electron chi connectivity index (χ0n) is 13.5. The van der Waals surface area contributed by atoms with E-state index in [-0.39, 0.29) is 11.3 Å². The minimum Gasteiger partial charge on any atom is -0.480 e. The summed E-state index contributed by atoms with van der Waals surface area (Å²) in [5.74, 6) is -2.46. The van der Waals surface area contributed by atoms with Gasteiger partial charge in [-0.2, -0.15) is 31.3 Å². The maximum absolute atomic E-state index is 13.0. The summed E-state index contributed by atoms with van der Waals surface area (Å²) in [7, 11) is 0. The van der Waals surface area contributed by atoms with Gasteiger partial charge in [0.2, 0.25) is 5.95 Å². The highest BCUT2D eigenvalue weighted by atomic mass is 19.4. The lowest BCUT2D eigenvalue weighted by atomic mass is 10.1. The summed E-state index contributed by atoms with van der Waals surface area (Å²) >= 11 is 0. The Morgan fingerprint density at radius 3 is 2.30 bits per heavy atom. The summed E-state index contributed by atoms with van der Waals surface area (Å²) in [6.45, 7) is 0.497. The van der Waals surface area contributed by atoms with Gasteiger partial charge in [0.15, 0.2) is 5.69 Å². The fraction of sp³-hybridized carbons (Fsp3) is 0.267. The minimum absolute atomic E-state index is 0.0597. The van der Waals surface area contributed by atoms with E-state index in [1.54, 1.807) is 0 Å². The van der Waals surface area contributed by atoms with E-state index in [4.69, 9.17) is 5.11 Å². The van der Waals surface area contributed by atoms with Gasteiger partial charge in [-0.05, 0) is 24.6 Å². The Labute approximate surface area is 148 Å². The zero-order valence-corrected chi connectivity index (χ0v) is 13.5. The summed E-state index contributed by atoms with van der Waals surface area (Å²) in [6, 6.07) is 3.62. The first-order valence-electron chi connectivity index (χ1n) is 7.23. The van der Waals surface area contributed by atoms with Gasteiger partial charge in [0.25, 0.3) is 0 Å². The zero-order chi connectivity index (χ0) is 20.4. The van der Waals surface area contributed by atoms with Crippen molar-refractivity contribution in [3.63, 3.8) is 0 Å². The lowest BCUT2D eigenvalue weighted by molar-refractivity contribution is -0.141. The predicted octanol–water partition coefficient (Wildman–Crippen LogP) is 4.06. The maximum Gasteiger partial charge on any atom is 0.433 e. The van der Waals surface area contributed by atoms with Crippen LogP contribution in [-0.4, -0.2) is 27.6 Å². The number of nitrogens with one attached hydrogen (secondary N) is 2. The lowest BCUT2D eigenvalue weighted by Gasteiger charge is -2.15. The Morgan fingerprint density at radius 2 is 1.74 bits per heavy atom. The lowest BCUT2D eigenvalue weighted by Crippen LogP contribution is -2.17. The second-order valence-electron chi connectivity index (χ2n) is 5.36. The molecule has 27 heavy (non-hydrogen) atoms. The molecule has 1 aromatic heterocycles.